The first-order valence-corrected chi connectivity index (χ1v) is 9.74. The van der Waals surface area contributed by atoms with Gasteiger partial charge in [-0.25, -0.2) is 0 Å². The Hall–Kier alpha value is -2.33. The van der Waals surface area contributed by atoms with Crippen molar-refractivity contribution in [3.8, 4) is 5.75 Å². The van der Waals surface area contributed by atoms with Crippen LogP contribution in [-0.4, -0.2) is 38.1 Å². The van der Waals surface area contributed by atoms with E-state index in [0.29, 0.717) is 24.9 Å². The zero-order valence-electron chi connectivity index (χ0n) is 16.6. The molecule has 1 aliphatic heterocycles. The second-order valence-corrected chi connectivity index (χ2v) is 7.51. The summed E-state index contributed by atoms with van der Waals surface area (Å²) in [6, 6.07) is 16.7. The van der Waals surface area contributed by atoms with Gasteiger partial charge in [0, 0.05) is 12.6 Å². The molecule has 27 heavy (non-hydrogen) atoms. The van der Waals surface area contributed by atoms with Gasteiger partial charge in [0.15, 0.2) is 0 Å². The number of likely N-dealkylation sites (tertiary alicyclic amines) is 1. The third kappa shape index (κ3) is 4.89. The number of methoxy groups -OCH3 is 1. The molecule has 1 aliphatic rings. The quantitative estimate of drug-likeness (QED) is 0.847. The number of carbonyl (C=O) groups excluding carboxylic acids is 1. The van der Waals surface area contributed by atoms with Crippen molar-refractivity contribution in [3.63, 3.8) is 0 Å². The predicted molar refractivity (Wildman–Crippen MR) is 109 cm³/mol. The number of nitrogens with zero attached hydrogens (tertiary/aromatic N) is 1. The van der Waals surface area contributed by atoms with Crippen molar-refractivity contribution in [1.82, 2.24) is 10.2 Å². The summed E-state index contributed by atoms with van der Waals surface area (Å²) < 4.78 is 5.28. The second kappa shape index (κ2) is 9.05. The first-order chi connectivity index (χ1) is 13.1. The van der Waals surface area contributed by atoms with Gasteiger partial charge in [0.1, 0.15) is 5.75 Å². The second-order valence-electron chi connectivity index (χ2n) is 7.51. The van der Waals surface area contributed by atoms with Crippen LogP contribution < -0.4 is 10.1 Å². The highest BCUT2D eigenvalue weighted by Crippen LogP contribution is 2.35. The molecule has 1 heterocycles. The Morgan fingerprint density at radius 1 is 1.19 bits per heavy atom. The molecular weight excluding hydrogens is 336 g/mol. The number of aryl methyl sites for hydroxylation is 1. The van der Waals surface area contributed by atoms with E-state index in [-0.39, 0.29) is 5.91 Å². The monoisotopic (exact) mass is 366 g/mol. The van der Waals surface area contributed by atoms with E-state index in [4.69, 9.17) is 4.74 Å². The van der Waals surface area contributed by atoms with Gasteiger partial charge < -0.3 is 10.1 Å². The number of piperidine rings is 1. The van der Waals surface area contributed by atoms with Crippen LogP contribution in [0.25, 0.3) is 0 Å². The molecular formula is C23H30N2O2. The third-order valence-electron chi connectivity index (χ3n) is 5.64. The molecule has 3 rings (SSSR count). The molecule has 1 saturated heterocycles. The average Bonchev–Trinajstić information content (AvgIpc) is 2.68. The van der Waals surface area contributed by atoms with Crippen molar-refractivity contribution in [2.24, 2.45) is 5.92 Å². The van der Waals surface area contributed by atoms with E-state index in [2.05, 4.69) is 42.4 Å². The van der Waals surface area contributed by atoms with Crippen LogP contribution in [0.2, 0.25) is 0 Å². The minimum atomic E-state index is 0.103. The molecule has 0 bridgehead atoms. The summed E-state index contributed by atoms with van der Waals surface area (Å²) in [6.45, 7) is 3.86. The number of benzene rings is 2. The van der Waals surface area contributed by atoms with E-state index < -0.39 is 0 Å². The van der Waals surface area contributed by atoms with Gasteiger partial charge in [0.05, 0.1) is 13.5 Å². The highest BCUT2D eigenvalue weighted by molar-refractivity contribution is 5.78. The average molecular weight is 367 g/mol. The fourth-order valence-corrected chi connectivity index (χ4v) is 4.09. The summed E-state index contributed by atoms with van der Waals surface area (Å²) in [5.41, 5.74) is 3.56. The Kier molecular flexibility index (Phi) is 6.51. The van der Waals surface area contributed by atoms with Gasteiger partial charge >= 0.3 is 0 Å². The zero-order chi connectivity index (χ0) is 19.2. The molecule has 0 aromatic heterocycles. The van der Waals surface area contributed by atoms with Crippen LogP contribution in [0.4, 0.5) is 0 Å². The first kappa shape index (κ1) is 19.4. The number of carbonyl (C=O) groups is 1. The molecule has 1 fully saturated rings. The lowest BCUT2D eigenvalue weighted by Crippen LogP contribution is -2.42. The summed E-state index contributed by atoms with van der Waals surface area (Å²) in [6.07, 6.45) is 2.75. The van der Waals surface area contributed by atoms with Gasteiger partial charge in [-0.05, 0) is 68.1 Å². The largest absolute Gasteiger partial charge is 0.497 e. The van der Waals surface area contributed by atoms with Crippen LogP contribution in [0, 0.1) is 12.8 Å². The standard InChI is InChI=1S/C23H30N2O2/c1-17-7-4-5-8-19(17)15-22(26)24-16-20-9-6-14-25(2)23(20)18-10-12-21(27-3)13-11-18/h4-5,7-8,10-13,20,23H,6,9,14-16H2,1-3H3,(H,24,26). The fraction of sp³-hybridized carbons (Fsp3) is 0.435. The lowest BCUT2D eigenvalue weighted by Gasteiger charge is -2.39. The molecule has 2 aromatic rings. The number of nitrogens with one attached hydrogen (secondary N) is 1. The lowest BCUT2D eigenvalue weighted by molar-refractivity contribution is -0.120. The Labute approximate surface area is 162 Å². The first-order valence-electron chi connectivity index (χ1n) is 9.74. The van der Waals surface area contributed by atoms with Crippen molar-refractivity contribution in [2.75, 3.05) is 27.2 Å². The molecule has 4 nitrogen and oxygen atoms in total. The molecule has 2 aromatic carbocycles. The maximum Gasteiger partial charge on any atom is 0.224 e. The van der Waals surface area contributed by atoms with Crippen molar-refractivity contribution in [1.29, 1.82) is 0 Å². The third-order valence-corrected chi connectivity index (χ3v) is 5.64. The Balaban J connectivity index is 1.64. The maximum absolute atomic E-state index is 12.5. The van der Waals surface area contributed by atoms with Crippen molar-refractivity contribution in [3.05, 3.63) is 65.2 Å². The fourth-order valence-electron chi connectivity index (χ4n) is 4.09. The Morgan fingerprint density at radius 2 is 1.93 bits per heavy atom. The van der Waals surface area contributed by atoms with Crippen LogP contribution in [0.3, 0.4) is 0 Å². The van der Waals surface area contributed by atoms with E-state index in [9.17, 15) is 4.79 Å². The number of amides is 1. The molecule has 1 N–H and O–H groups in total. The summed E-state index contributed by atoms with van der Waals surface area (Å²) in [5.74, 6) is 1.39. The van der Waals surface area contributed by atoms with Gasteiger partial charge in [-0.15, -0.1) is 0 Å². The van der Waals surface area contributed by atoms with Gasteiger partial charge in [-0.3, -0.25) is 9.69 Å². The maximum atomic E-state index is 12.5. The Bertz CT molecular complexity index is 757. The van der Waals surface area contributed by atoms with Crippen LogP contribution in [0.15, 0.2) is 48.5 Å². The van der Waals surface area contributed by atoms with Crippen molar-refractivity contribution in [2.45, 2.75) is 32.2 Å². The molecule has 4 heteroatoms. The number of rotatable bonds is 6. The molecule has 0 radical (unpaired) electrons. The van der Waals surface area contributed by atoms with Crippen molar-refractivity contribution >= 4 is 5.91 Å². The van der Waals surface area contributed by atoms with E-state index in [1.54, 1.807) is 7.11 Å². The minimum Gasteiger partial charge on any atom is -0.497 e. The summed E-state index contributed by atoms with van der Waals surface area (Å²) in [4.78, 5) is 14.9. The van der Waals surface area contributed by atoms with Crippen LogP contribution >= 0.6 is 0 Å². The van der Waals surface area contributed by atoms with Gasteiger partial charge in [0.2, 0.25) is 5.91 Å². The highest BCUT2D eigenvalue weighted by atomic mass is 16.5. The van der Waals surface area contributed by atoms with E-state index in [0.717, 1.165) is 24.3 Å². The molecule has 0 aliphatic carbocycles. The van der Waals surface area contributed by atoms with Crippen LogP contribution in [-0.2, 0) is 11.2 Å². The van der Waals surface area contributed by atoms with Crippen LogP contribution in [0.1, 0.15) is 35.6 Å². The van der Waals surface area contributed by atoms with Crippen molar-refractivity contribution < 1.29 is 9.53 Å². The molecule has 2 atom stereocenters. The lowest BCUT2D eigenvalue weighted by atomic mass is 9.85. The van der Waals surface area contributed by atoms with E-state index >= 15 is 0 Å². The Morgan fingerprint density at radius 3 is 2.63 bits per heavy atom. The SMILES string of the molecule is COc1ccc(C2C(CNC(=O)Cc3ccccc3C)CCCN2C)cc1. The minimum absolute atomic E-state index is 0.103. The van der Waals surface area contributed by atoms with E-state index in [1.807, 2.05) is 30.3 Å². The number of hydrogen-bond donors (Lipinski definition) is 1. The molecule has 2 unspecified atom stereocenters. The summed E-state index contributed by atoms with van der Waals surface area (Å²) >= 11 is 0. The zero-order valence-corrected chi connectivity index (χ0v) is 16.6. The summed E-state index contributed by atoms with van der Waals surface area (Å²) in [7, 11) is 3.87. The predicted octanol–water partition coefficient (Wildman–Crippen LogP) is 3.75. The number of ether oxygens (including phenoxy) is 1. The van der Waals surface area contributed by atoms with Crippen LogP contribution in [0.5, 0.6) is 5.75 Å². The van der Waals surface area contributed by atoms with E-state index in [1.165, 1.54) is 17.5 Å². The molecule has 0 spiro atoms. The molecule has 144 valence electrons. The van der Waals surface area contributed by atoms with Gasteiger partial charge in [0.25, 0.3) is 0 Å². The van der Waals surface area contributed by atoms with Gasteiger partial charge in [-0.2, -0.15) is 0 Å². The molecule has 1 amide bonds. The number of hydrogen-bond acceptors (Lipinski definition) is 3. The normalized spacial score (nSPS) is 20.3. The van der Waals surface area contributed by atoms with Gasteiger partial charge in [-0.1, -0.05) is 36.4 Å². The summed E-state index contributed by atoms with van der Waals surface area (Å²) in [5, 5.41) is 3.18. The molecule has 0 saturated carbocycles. The smallest absolute Gasteiger partial charge is 0.224 e. The highest BCUT2D eigenvalue weighted by Gasteiger charge is 2.30. The topological polar surface area (TPSA) is 41.6 Å².